The molecule has 1 aliphatic rings. The maximum Gasteiger partial charge on any atom is 0.273 e. The molecule has 0 amide bonds. The van der Waals surface area contributed by atoms with Crippen LogP contribution in [0, 0.1) is 19.8 Å². The molecule has 0 radical (unpaired) electrons. The monoisotopic (exact) mass is 240 g/mol. The second-order valence-electron chi connectivity index (χ2n) is 4.47. The Morgan fingerprint density at radius 2 is 2.38 bits per heavy atom. The van der Waals surface area contributed by atoms with E-state index in [1.54, 1.807) is 11.3 Å². The molecule has 1 aliphatic heterocycles. The molecule has 0 saturated carbocycles. The van der Waals surface area contributed by atoms with Crippen LogP contribution in [-0.4, -0.2) is 24.7 Å². The zero-order valence-corrected chi connectivity index (χ0v) is 10.9. The number of hydrogen-bond acceptors (Lipinski definition) is 4. The standard InChI is InChI=1S/C12H20N2OS/c1-9-10(2)16-12(14-9)15-7-5-11-4-3-6-13-8-11/h11,13H,3-8H2,1-2H3. The molecule has 1 saturated heterocycles. The lowest BCUT2D eigenvalue weighted by Crippen LogP contribution is -2.30. The van der Waals surface area contributed by atoms with Gasteiger partial charge in [0.25, 0.3) is 5.19 Å². The van der Waals surface area contributed by atoms with Crippen LogP contribution in [0.5, 0.6) is 5.19 Å². The first-order valence-electron chi connectivity index (χ1n) is 6.03. The third-order valence-electron chi connectivity index (χ3n) is 3.16. The number of aryl methyl sites for hydroxylation is 2. The molecule has 2 heterocycles. The van der Waals surface area contributed by atoms with Crippen molar-refractivity contribution in [2.24, 2.45) is 5.92 Å². The van der Waals surface area contributed by atoms with Gasteiger partial charge < -0.3 is 10.1 Å². The highest BCUT2D eigenvalue weighted by atomic mass is 32.1. The molecule has 1 aromatic rings. The lowest BCUT2D eigenvalue weighted by atomic mass is 9.97. The first kappa shape index (κ1) is 11.9. The quantitative estimate of drug-likeness (QED) is 0.878. The minimum Gasteiger partial charge on any atom is -0.470 e. The van der Waals surface area contributed by atoms with Crippen molar-refractivity contribution in [3.63, 3.8) is 0 Å². The summed E-state index contributed by atoms with van der Waals surface area (Å²) in [5, 5.41) is 4.26. The molecule has 16 heavy (non-hydrogen) atoms. The highest BCUT2D eigenvalue weighted by molar-refractivity contribution is 7.13. The fourth-order valence-electron chi connectivity index (χ4n) is 1.99. The molecule has 0 spiro atoms. The predicted molar refractivity (Wildman–Crippen MR) is 67.3 cm³/mol. The van der Waals surface area contributed by atoms with Crippen LogP contribution in [0.1, 0.15) is 29.8 Å². The molecule has 1 fully saturated rings. The lowest BCUT2D eigenvalue weighted by Gasteiger charge is -2.22. The molecule has 1 atom stereocenters. The number of ether oxygens (including phenoxy) is 1. The molecule has 2 rings (SSSR count). The van der Waals surface area contributed by atoms with Gasteiger partial charge in [0, 0.05) is 4.88 Å². The molecular formula is C12H20N2OS. The van der Waals surface area contributed by atoms with Crippen molar-refractivity contribution in [3.8, 4) is 5.19 Å². The largest absolute Gasteiger partial charge is 0.470 e. The van der Waals surface area contributed by atoms with E-state index in [1.807, 2.05) is 6.92 Å². The van der Waals surface area contributed by atoms with Gasteiger partial charge in [0.2, 0.25) is 0 Å². The zero-order chi connectivity index (χ0) is 11.4. The summed E-state index contributed by atoms with van der Waals surface area (Å²) in [6.07, 6.45) is 3.79. The highest BCUT2D eigenvalue weighted by Crippen LogP contribution is 2.24. The van der Waals surface area contributed by atoms with Crippen LogP contribution < -0.4 is 10.1 Å². The number of hydrogen-bond donors (Lipinski definition) is 1. The van der Waals surface area contributed by atoms with Gasteiger partial charge in [-0.2, -0.15) is 0 Å². The van der Waals surface area contributed by atoms with Crippen molar-refractivity contribution >= 4 is 11.3 Å². The minimum atomic E-state index is 0.788. The van der Waals surface area contributed by atoms with Gasteiger partial charge in [0.05, 0.1) is 12.3 Å². The number of aromatic nitrogens is 1. The van der Waals surface area contributed by atoms with E-state index in [1.165, 1.54) is 24.3 Å². The van der Waals surface area contributed by atoms with Crippen LogP contribution in [0.4, 0.5) is 0 Å². The number of thiazole rings is 1. The maximum atomic E-state index is 5.69. The Hall–Kier alpha value is -0.610. The third kappa shape index (κ3) is 3.19. The number of nitrogens with one attached hydrogen (secondary N) is 1. The second kappa shape index (κ2) is 5.64. The molecular weight excluding hydrogens is 220 g/mol. The van der Waals surface area contributed by atoms with Crippen LogP contribution in [0.15, 0.2) is 0 Å². The van der Waals surface area contributed by atoms with Gasteiger partial charge in [0.1, 0.15) is 0 Å². The Morgan fingerprint density at radius 3 is 3.00 bits per heavy atom. The van der Waals surface area contributed by atoms with E-state index >= 15 is 0 Å². The smallest absolute Gasteiger partial charge is 0.273 e. The molecule has 3 nitrogen and oxygen atoms in total. The summed E-state index contributed by atoms with van der Waals surface area (Å²) in [5.41, 5.74) is 1.10. The second-order valence-corrected chi connectivity index (χ2v) is 5.64. The third-order valence-corrected chi connectivity index (χ3v) is 4.14. The highest BCUT2D eigenvalue weighted by Gasteiger charge is 2.13. The van der Waals surface area contributed by atoms with Gasteiger partial charge in [-0.3, -0.25) is 0 Å². The fraction of sp³-hybridized carbons (Fsp3) is 0.750. The summed E-state index contributed by atoms with van der Waals surface area (Å²) in [7, 11) is 0. The zero-order valence-electron chi connectivity index (χ0n) is 10.1. The summed E-state index contributed by atoms with van der Waals surface area (Å²) in [6, 6.07) is 0. The summed E-state index contributed by atoms with van der Waals surface area (Å²) in [5.74, 6) is 0.788. The van der Waals surface area contributed by atoms with Gasteiger partial charge in [-0.05, 0) is 52.1 Å². The van der Waals surface area contributed by atoms with Crippen molar-refractivity contribution in [2.75, 3.05) is 19.7 Å². The molecule has 1 N–H and O–H groups in total. The average molecular weight is 240 g/mol. The molecule has 1 unspecified atom stereocenters. The molecule has 90 valence electrons. The van der Waals surface area contributed by atoms with E-state index in [0.717, 1.165) is 36.4 Å². The summed E-state index contributed by atoms with van der Waals surface area (Å²) >= 11 is 1.65. The topological polar surface area (TPSA) is 34.1 Å². The molecule has 0 aromatic carbocycles. The van der Waals surface area contributed by atoms with Crippen LogP contribution in [0.3, 0.4) is 0 Å². The summed E-state index contributed by atoms with van der Waals surface area (Å²) in [4.78, 5) is 5.63. The van der Waals surface area contributed by atoms with Gasteiger partial charge in [-0.1, -0.05) is 11.3 Å². The first-order valence-corrected chi connectivity index (χ1v) is 6.85. The van der Waals surface area contributed by atoms with E-state index < -0.39 is 0 Å². The average Bonchev–Trinajstić information content (AvgIpc) is 2.60. The van der Waals surface area contributed by atoms with Gasteiger partial charge in [-0.15, -0.1) is 0 Å². The Morgan fingerprint density at radius 1 is 1.50 bits per heavy atom. The lowest BCUT2D eigenvalue weighted by molar-refractivity contribution is 0.253. The van der Waals surface area contributed by atoms with Crippen molar-refractivity contribution in [2.45, 2.75) is 33.1 Å². The van der Waals surface area contributed by atoms with Crippen molar-refractivity contribution in [1.82, 2.24) is 10.3 Å². The van der Waals surface area contributed by atoms with Crippen molar-refractivity contribution in [1.29, 1.82) is 0 Å². The van der Waals surface area contributed by atoms with E-state index in [2.05, 4.69) is 17.2 Å². The summed E-state index contributed by atoms with van der Waals surface area (Å²) in [6.45, 7) is 7.26. The van der Waals surface area contributed by atoms with E-state index in [9.17, 15) is 0 Å². The van der Waals surface area contributed by atoms with Crippen LogP contribution in [0.25, 0.3) is 0 Å². The fourth-order valence-corrected chi connectivity index (χ4v) is 2.77. The SMILES string of the molecule is Cc1nc(OCCC2CCCNC2)sc1C. The normalized spacial score (nSPS) is 21.0. The Balaban J connectivity index is 1.71. The molecule has 0 aliphatic carbocycles. The van der Waals surface area contributed by atoms with Crippen LogP contribution in [0.2, 0.25) is 0 Å². The Kier molecular flexibility index (Phi) is 4.18. The Labute approximate surface area is 101 Å². The number of nitrogens with zero attached hydrogens (tertiary/aromatic N) is 1. The van der Waals surface area contributed by atoms with Gasteiger partial charge in [-0.25, -0.2) is 4.98 Å². The molecule has 0 bridgehead atoms. The maximum absolute atomic E-state index is 5.69. The van der Waals surface area contributed by atoms with Crippen LogP contribution >= 0.6 is 11.3 Å². The van der Waals surface area contributed by atoms with E-state index in [-0.39, 0.29) is 0 Å². The predicted octanol–water partition coefficient (Wildman–Crippen LogP) is 2.53. The van der Waals surface area contributed by atoms with E-state index in [4.69, 9.17) is 4.74 Å². The minimum absolute atomic E-state index is 0.788. The first-order chi connectivity index (χ1) is 7.75. The van der Waals surface area contributed by atoms with E-state index in [0.29, 0.717) is 0 Å². The van der Waals surface area contributed by atoms with Gasteiger partial charge in [0.15, 0.2) is 0 Å². The molecule has 1 aromatic heterocycles. The summed E-state index contributed by atoms with van der Waals surface area (Å²) < 4.78 is 5.69. The van der Waals surface area contributed by atoms with Crippen LogP contribution in [-0.2, 0) is 0 Å². The van der Waals surface area contributed by atoms with Crippen molar-refractivity contribution in [3.05, 3.63) is 10.6 Å². The van der Waals surface area contributed by atoms with Crippen molar-refractivity contribution < 1.29 is 4.74 Å². The van der Waals surface area contributed by atoms with Gasteiger partial charge >= 0.3 is 0 Å². The molecule has 4 heteroatoms. The Bertz CT molecular complexity index is 312. The number of piperidine rings is 1. The number of rotatable bonds is 4.